The molecule has 0 aliphatic carbocycles. The monoisotopic (exact) mass is 327 g/mol. The van der Waals surface area contributed by atoms with E-state index < -0.39 is 15.8 Å². The van der Waals surface area contributed by atoms with Crippen molar-refractivity contribution >= 4 is 27.3 Å². The average Bonchev–Trinajstić information content (AvgIpc) is 2.38. The number of para-hydroxylation sites is 1. The molecule has 6 heteroatoms. The van der Waals surface area contributed by atoms with Crippen molar-refractivity contribution in [3.05, 3.63) is 59.4 Å². The molecular weight excluding hydrogens is 313 g/mol. The zero-order valence-electron chi connectivity index (χ0n) is 11.6. The number of anilines is 1. The Hall–Kier alpha value is -1.59. The summed E-state index contributed by atoms with van der Waals surface area (Å²) in [6, 6.07) is 11.7. The van der Waals surface area contributed by atoms with Crippen LogP contribution in [0.4, 0.5) is 10.1 Å². The quantitative estimate of drug-likeness (QED) is 0.848. The van der Waals surface area contributed by atoms with Crippen LogP contribution in [0, 0.1) is 5.82 Å². The zero-order valence-corrected chi connectivity index (χ0v) is 13.2. The highest BCUT2D eigenvalue weighted by atomic mass is 35.5. The summed E-state index contributed by atoms with van der Waals surface area (Å²) in [6.45, 7) is 3.53. The van der Waals surface area contributed by atoms with E-state index in [0.717, 1.165) is 12.1 Å². The lowest BCUT2D eigenvalue weighted by atomic mass is 10.3. The lowest BCUT2D eigenvalue weighted by Gasteiger charge is -2.28. The molecule has 2 aromatic rings. The number of sulfonamides is 1. The highest BCUT2D eigenvalue weighted by molar-refractivity contribution is 7.93. The summed E-state index contributed by atoms with van der Waals surface area (Å²) in [5.74, 6) is -0.574. The van der Waals surface area contributed by atoms with Gasteiger partial charge in [0.15, 0.2) is 0 Å². The molecule has 0 heterocycles. The lowest BCUT2D eigenvalue weighted by molar-refractivity contribution is 0.583. The van der Waals surface area contributed by atoms with Gasteiger partial charge in [0.05, 0.1) is 10.7 Å². The summed E-state index contributed by atoms with van der Waals surface area (Å²) in [4.78, 5) is -0.108. The summed E-state index contributed by atoms with van der Waals surface area (Å²) in [5.41, 5.74) is 0.535. The predicted molar refractivity (Wildman–Crippen MR) is 82.7 cm³/mol. The summed E-state index contributed by atoms with van der Waals surface area (Å²) in [6.07, 6.45) is 0. The maximum absolute atomic E-state index is 13.1. The second-order valence-electron chi connectivity index (χ2n) is 4.80. The average molecular weight is 328 g/mol. The smallest absolute Gasteiger partial charge is 0.264 e. The fourth-order valence-corrected chi connectivity index (χ4v) is 4.25. The molecule has 0 atom stereocenters. The zero-order chi connectivity index (χ0) is 15.6. The number of benzene rings is 2. The fourth-order valence-electron chi connectivity index (χ4n) is 2.08. The molecule has 0 unspecified atom stereocenters. The summed E-state index contributed by atoms with van der Waals surface area (Å²) < 4.78 is 40.0. The Morgan fingerprint density at radius 3 is 2.24 bits per heavy atom. The number of rotatable bonds is 4. The molecule has 0 radical (unpaired) electrons. The van der Waals surface area contributed by atoms with E-state index in [9.17, 15) is 12.8 Å². The van der Waals surface area contributed by atoms with E-state index in [2.05, 4.69) is 0 Å². The van der Waals surface area contributed by atoms with E-state index in [1.807, 2.05) is 0 Å². The molecule has 0 saturated carbocycles. The van der Waals surface area contributed by atoms with Gasteiger partial charge in [-0.3, -0.25) is 4.31 Å². The van der Waals surface area contributed by atoms with Gasteiger partial charge in [-0.1, -0.05) is 29.8 Å². The number of nitrogens with zero attached hydrogens (tertiary/aromatic N) is 1. The molecule has 0 aliphatic rings. The molecule has 2 aromatic carbocycles. The molecule has 0 aliphatic heterocycles. The maximum atomic E-state index is 13.1. The van der Waals surface area contributed by atoms with Crippen LogP contribution in [0.2, 0.25) is 5.02 Å². The molecular formula is C15H15ClFNO2S. The van der Waals surface area contributed by atoms with E-state index in [4.69, 9.17) is 11.6 Å². The van der Waals surface area contributed by atoms with Crippen molar-refractivity contribution < 1.29 is 12.8 Å². The molecule has 21 heavy (non-hydrogen) atoms. The van der Waals surface area contributed by atoms with Crippen molar-refractivity contribution in [1.82, 2.24) is 0 Å². The summed E-state index contributed by atoms with van der Waals surface area (Å²) >= 11 is 5.90. The van der Waals surface area contributed by atoms with Crippen LogP contribution in [0.3, 0.4) is 0 Å². The van der Waals surface area contributed by atoms with Gasteiger partial charge in [-0.25, -0.2) is 12.8 Å². The highest BCUT2D eigenvalue weighted by Crippen LogP contribution is 2.30. The predicted octanol–water partition coefficient (Wildman–Crippen LogP) is 4.08. The van der Waals surface area contributed by atoms with Gasteiger partial charge in [0.25, 0.3) is 10.0 Å². The molecule has 0 spiro atoms. The third-order valence-electron chi connectivity index (χ3n) is 2.91. The van der Waals surface area contributed by atoms with Gasteiger partial charge in [0, 0.05) is 6.04 Å². The topological polar surface area (TPSA) is 37.4 Å². The molecule has 2 rings (SSSR count). The van der Waals surface area contributed by atoms with E-state index in [1.165, 1.54) is 10.4 Å². The van der Waals surface area contributed by atoms with Gasteiger partial charge in [-0.05, 0) is 44.2 Å². The normalized spacial score (nSPS) is 11.7. The maximum Gasteiger partial charge on any atom is 0.266 e. The van der Waals surface area contributed by atoms with Gasteiger partial charge in [-0.15, -0.1) is 0 Å². The van der Waals surface area contributed by atoms with Gasteiger partial charge in [-0.2, -0.15) is 0 Å². The summed E-state index contributed by atoms with van der Waals surface area (Å²) in [7, 11) is -3.87. The number of halogens is 2. The first-order valence-electron chi connectivity index (χ1n) is 6.38. The van der Waals surface area contributed by atoms with Crippen molar-refractivity contribution in [2.45, 2.75) is 24.8 Å². The number of hydrogen-bond acceptors (Lipinski definition) is 2. The first kappa shape index (κ1) is 15.8. The SMILES string of the molecule is CC(C)N(c1ccccc1)S(=O)(=O)c1ccc(F)cc1Cl. The minimum absolute atomic E-state index is 0.108. The highest BCUT2D eigenvalue weighted by Gasteiger charge is 2.29. The molecule has 0 saturated heterocycles. The fraction of sp³-hybridized carbons (Fsp3) is 0.200. The minimum Gasteiger partial charge on any atom is -0.264 e. The van der Waals surface area contributed by atoms with E-state index in [-0.39, 0.29) is 16.0 Å². The third kappa shape index (κ3) is 3.19. The summed E-state index contributed by atoms with van der Waals surface area (Å²) in [5, 5.41) is -0.128. The van der Waals surface area contributed by atoms with Crippen LogP contribution in [0.1, 0.15) is 13.8 Å². The van der Waals surface area contributed by atoms with Crippen molar-refractivity contribution in [3.8, 4) is 0 Å². The lowest BCUT2D eigenvalue weighted by Crippen LogP contribution is -2.37. The van der Waals surface area contributed by atoms with Crippen molar-refractivity contribution in [3.63, 3.8) is 0 Å². The van der Waals surface area contributed by atoms with E-state index >= 15 is 0 Å². The Morgan fingerprint density at radius 1 is 1.10 bits per heavy atom. The first-order valence-corrected chi connectivity index (χ1v) is 8.20. The Bertz CT molecular complexity index is 733. The van der Waals surface area contributed by atoms with E-state index in [0.29, 0.717) is 5.69 Å². The van der Waals surface area contributed by atoms with Gasteiger partial charge < -0.3 is 0 Å². The second-order valence-corrected chi connectivity index (χ2v) is 7.00. The molecule has 3 nitrogen and oxygen atoms in total. The van der Waals surface area contributed by atoms with Crippen molar-refractivity contribution in [1.29, 1.82) is 0 Å². The van der Waals surface area contributed by atoms with Crippen LogP contribution in [0.15, 0.2) is 53.4 Å². The van der Waals surface area contributed by atoms with Crippen LogP contribution in [-0.2, 0) is 10.0 Å². The van der Waals surface area contributed by atoms with Gasteiger partial charge in [0.2, 0.25) is 0 Å². The van der Waals surface area contributed by atoms with Gasteiger partial charge >= 0.3 is 0 Å². The largest absolute Gasteiger partial charge is 0.266 e. The number of hydrogen-bond donors (Lipinski definition) is 0. The van der Waals surface area contributed by atoms with Crippen LogP contribution in [-0.4, -0.2) is 14.5 Å². The molecule has 0 fully saturated rings. The van der Waals surface area contributed by atoms with E-state index in [1.54, 1.807) is 44.2 Å². The Kier molecular flexibility index (Phi) is 4.54. The Labute approximate surface area is 129 Å². The molecule has 0 aromatic heterocycles. The third-order valence-corrected chi connectivity index (χ3v) is 5.40. The minimum atomic E-state index is -3.87. The molecule has 0 N–H and O–H groups in total. The molecule has 0 bridgehead atoms. The van der Waals surface area contributed by atoms with Crippen LogP contribution >= 0.6 is 11.6 Å². The van der Waals surface area contributed by atoms with Gasteiger partial charge in [0.1, 0.15) is 10.7 Å². The Balaban J connectivity index is 2.59. The second kappa shape index (κ2) is 6.03. The van der Waals surface area contributed by atoms with Crippen LogP contribution in [0.5, 0.6) is 0 Å². The Morgan fingerprint density at radius 2 is 1.71 bits per heavy atom. The van der Waals surface area contributed by atoms with Crippen molar-refractivity contribution in [2.75, 3.05) is 4.31 Å². The molecule has 0 amide bonds. The van der Waals surface area contributed by atoms with Crippen molar-refractivity contribution in [2.24, 2.45) is 0 Å². The van der Waals surface area contributed by atoms with Crippen LogP contribution < -0.4 is 4.31 Å². The standard InChI is InChI=1S/C15H15ClFNO2S/c1-11(2)18(13-6-4-3-5-7-13)21(19,20)15-9-8-12(17)10-14(15)16/h3-11H,1-2H3. The molecule has 112 valence electrons. The van der Waals surface area contributed by atoms with Crippen LogP contribution in [0.25, 0.3) is 0 Å². The first-order chi connectivity index (χ1) is 9.84.